The number of hydrogen-bond donors (Lipinski definition) is 1. The summed E-state index contributed by atoms with van der Waals surface area (Å²) in [7, 11) is 0. The van der Waals surface area contributed by atoms with Crippen LogP contribution in [0.1, 0.15) is 44.2 Å². The van der Waals surface area contributed by atoms with E-state index < -0.39 is 0 Å². The molecule has 2 aromatic carbocycles. The smallest absolute Gasteiger partial charge is 0.230 e. The number of hydrogen-bond acceptors (Lipinski definition) is 2. The molecule has 1 N–H and O–H groups in total. The van der Waals surface area contributed by atoms with Crippen LogP contribution in [0.5, 0.6) is 0 Å². The normalized spacial score (nSPS) is 18.3. The number of amides is 2. The third kappa shape index (κ3) is 4.21. The van der Waals surface area contributed by atoms with Gasteiger partial charge in [0, 0.05) is 17.9 Å². The van der Waals surface area contributed by atoms with Gasteiger partial charge in [0.1, 0.15) is 0 Å². The molecule has 2 unspecified atom stereocenters. The van der Waals surface area contributed by atoms with E-state index in [0.29, 0.717) is 18.9 Å². The molecule has 1 aliphatic carbocycles. The zero-order valence-corrected chi connectivity index (χ0v) is 16.5. The van der Waals surface area contributed by atoms with E-state index in [-0.39, 0.29) is 23.7 Å². The van der Waals surface area contributed by atoms with Crippen molar-refractivity contribution in [3.63, 3.8) is 0 Å². The fraction of sp³-hybridized carbons (Fsp3) is 0.391. The number of anilines is 2. The van der Waals surface area contributed by atoms with Gasteiger partial charge in [0.25, 0.3) is 0 Å². The molecule has 2 atom stereocenters. The van der Waals surface area contributed by atoms with E-state index >= 15 is 0 Å². The van der Waals surface area contributed by atoms with Gasteiger partial charge in [-0.15, -0.1) is 0 Å². The average Bonchev–Trinajstić information content (AvgIpc) is 3.43. The molecular formula is C23H28N2O2. The number of nitrogens with zero attached hydrogens (tertiary/aromatic N) is 1. The first-order valence-electron chi connectivity index (χ1n) is 9.70. The second-order valence-electron chi connectivity index (χ2n) is 7.60. The van der Waals surface area contributed by atoms with Crippen LogP contribution >= 0.6 is 0 Å². The molecule has 0 spiro atoms. The van der Waals surface area contributed by atoms with Crippen molar-refractivity contribution >= 4 is 23.2 Å². The van der Waals surface area contributed by atoms with Gasteiger partial charge in [0.15, 0.2) is 0 Å². The molecule has 3 rings (SSSR count). The maximum Gasteiger partial charge on any atom is 0.230 e. The summed E-state index contributed by atoms with van der Waals surface area (Å²) >= 11 is 0. The number of aryl methyl sites for hydroxylation is 1. The zero-order valence-electron chi connectivity index (χ0n) is 16.5. The van der Waals surface area contributed by atoms with Gasteiger partial charge < -0.3 is 10.2 Å². The minimum atomic E-state index is -0.239. The molecule has 2 amide bonds. The molecule has 4 nitrogen and oxygen atoms in total. The number of para-hydroxylation sites is 1. The second kappa shape index (κ2) is 7.95. The number of nitrogens with one attached hydrogen (secondary N) is 1. The van der Waals surface area contributed by atoms with Crippen LogP contribution in [-0.2, 0) is 9.59 Å². The van der Waals surface area contributed by atoms with E-state index in [1.807, 2.05) is 62.4 Å². The molecule has 1 aliphatic rings. The van der Waals surface area contributed by atoms with Gasteiger partial charge in [0.2, 0.25) is 11.8 Å². The second-order valence-corrected chi connectivity index (χ2v) is 7.60. The van der Waals surface area contributed by atoms with Crippen LogP contribution in [0.4, 0.5) is 11.4 Å². The molecule has 142 valence electrons. The minimum absolute atomic E-state index is 0.0420. The maximum atomic E-state index is 12.9. The van der Waals surface area contributed by atoms with Crippen molar-refractivity contribution in [3.05, 3.63) is 59.7 Å². The monoisotopic (exact) mass is 364 g/mol. The molecule has 0 aromatic heterocycles. The highest BCUT2D eigenvalue weighted by molar-refractivity contribution is 6.04. The topological polar surface area (TPSA) is 49.4 Å². The molecule has 0 saturated heterocycles. The van der Waals surface area contributed by atoms with Crippen molar-refractivity contribution in [2.75, 3.05) is 16.8 Å². The largest absolute Gasteiger partial charge is 0.326 e. The van der Waals surface area contributed by atoms with Crippen molar-refractivity contribution < 1.29 is 9.59 Å². The van der Waals surface area contributed by atoms with Crippen LogP contribution in [0, 0.1) is 18.8 Å². The lowest BCUT2D eigenvalue weighted by Crippen LogP contribution is -2.33. The Morgan fingerprint density at radius 3 is 2.52 bits per heavy atom. The summed E-state index contributed by atoms with van der Waals surface area (Å²) in [5.74, 6) is -0.148. The van der Waals surface area contributed by atoms with E-state index in [1.165, 1.54) is 0 Å². The van der Waals surface area contributed by atoms with Gasteiger partial charge in [0.05, 0.1) is 11.8 Å². The molecule has 27 heavy (non-hydrogen) atoms. The van der Waals surface area contributed by atoms with E-state index in [4.69, 9.17) is 0 Å². The standard InChI is InChI=1S/C23H28N2O2/c1-5-25(17-10-8-9-16(4)13-17)23(27)20-14-19(20)22(26)24-21-12-7-6-11-18(21)15(2)3/h6-13,15,19-20H,5,14H2,1-4H3,(H,24,26). The highest BCUT2D eigenvalue weighted by atomic mass is 16.2. The Balaban J connectivity index is 1.68. The van der Waals surface area contributed by atoms with E-state index in [1.54, 1.807) is 4.90 Å². The first kappa shape index (κ1) is 19.2. The highest BCUT2D eigenvalue weighted by Crippen LogP contribution is 2.42. The van der Waals surface area contributed by atoms with Crippen molar-refractivity contribution in [1.82, 2.24) is 0 Å². The number of carbonyl (C=O) groups is 2. The van der Waals surface area contributed by atoms with Crippen molar-refractivity contribution in [2.24, 2.45) is 11.8 Å². The van der Waals surface area contributed by atoms with Crippen molar-refractivity contribution in [2.45, 2.75) is 40.0 Å². The number of rotatable bonds is 6. The molecule has 0 heterocycles. The maximum absolute atomic E-state index is 12.9. The quantitative estimate of drug-likeness (QED) is 0.804. The Morgan fingerprint density at radius 1 is 1.11 bits per heavy atom. The Kier molecular flexibility index (Phi) is 5.64. The Bertz CT molecular complexity index is 844. The SMILES string of the molecule is CCN(C(=O)C1CC1C(=O)Nc1ccccc1C(C)C)c1cccc(C)c1. The third-order valence-electron chi connectivity index (χ3n) is 5.18. The molecule has 1 saturated carbocycles. The van der Waals surface area contributed by atoms with Crippen molar-refractivity contribution in [3.8, 4) is 0 Å². The molecule has 4 heteroatoms. The van der Waals surface area contributed by atoms with Crippen LogP contribution in [0.25, 0.3) is 0 Å². The highest BCUT2D eigenvalue weighted by Gasteiger charge is 2.49. The summed E-state index contributed by atoms with van der Waals surface area (Å²) in [6, 6.07) is 15.8. The lowest BCUT2D eigenvalue weighted by atomic mass is 10.0. The van der Waals surface area contributed by atoms with Crippen LogP contribution in [0.2, 0.25) is 0 Å². The van der Waals surface area contributed by atoms with Crippen LogP contribution in [0.15, 0.2) is 48.5 Å². The lowest BCUT2D eigenvalue weighted by Gasteiger charge is -2.21. The van der Waals surface area contributed by atoms with E-state index in [9.17, 15) is 9.59 Å². The fourth-order valence-electron chi connectivity index (χ4n) is 3.56. The van der Waals surface area contributed by atoms with Crippen LogP contribution < -0.4 is 10.2 Å². The molecule has 0 aliphatic heterocycles. The van der Waals surface area contributed by atoms with Gasteiger partial charge in [-0.05, 0) is 55.5 Å². The predicted molar refractivity (Wildman–Crippen MR) is 110 cm³/mol. The van der Waals surface area contributed by atoms with Crippen LogP contribution in [0.3, 0.4) is 0 Å². The minimum Gasteiger partial charge on any atom is -0.326 e. The van der Waals surface area contributed by atoms with Gasteiger partial charge in [-0.1, -0.05) is 44.2 Å². The summed E-state index contributed by atoms with van der Waals surface area (Å²) in [6.07, 6.45) is 0.622. The average molecular weight is 364 g/mol. The predicted octanol–water partition coefficient (Wildman–Crippen LogP) is 4.75. The summed E-state index contributed by atoms with van der Waals surface area (Å²) in [5.41, 5.74) is 3.98. The lowest BCUT2D eigenvalue weighted by molar-refractivity contribution is -0.123. The zero-order chi connectivity index (χ0) is 19.6. The van der Waals surface area contributed by atoms with Gasteiger partial charge in [-0.2, -0.15) is 0 Å². The third-order valence-corrected chi connectivity index (χ3v) is 5.18. The number of benzene rings is 2. The van der Waals surface area contributed by atoms with Gasteiger partial charge in [-0.25, -0.2) is 0 Å². The first-order valence-corrected chi connectivity index (χ1v) is 9.70. The first-order chi connectivity index (χ1) is 12.9. The van der Waals surface area contributed by atoms with Gasteiger partial charge >= 0.3 is 0 Å². The van der Waals surface area contributed by atoms with E-state index in [2.05, 4.69) is 19.2 Å². The Hall–Kier alpha value is -2.62. The molecule has 2 aromatic rings. The molecular weight excluding hydrogens is 336 g/mol. The summed E-state index contributed by atoms with van der Waals surface area (Å²) in [4.78, 5) is 27.4. The number of carbonyl (C=O) groups excluding carboxylic acids is 2. The van der Waals surface area contributed by atoms with E-state index in [0.717, 1.165) is 22.5 Å². The van der Waals surface area contributed by atoms with Crippen LogP contribution in [-0.4, -0.2) is 18.4 Å². The van der Waals surface area contributed by atoms with Gasteiger partial charge in [-0.3, -0.25) is 9.59 Å². The Labute approximate surface area is 161 Å². The summed E-state index contributed by atoms with van der Waals surface area (Å²) in [6.45, 7) is 8.80. The molecule has 0 bridgehead atoms. The summed E-state index contributed by atoms with van der Waals surface area (Å²) < 4.78 is 0. The fourth-order valence-corrected chi connectivity index (χ4v) is 3.56. The summed E-state index contributed by atoms with van der Waals surface area (Å²) in [5, 5.41) is 3.03. The molecule has 1 fully saturated rings. The Morgan fingerprint density at radius 2 is 1.85 bits per heavy atom. The molecule has 0 radical (unpaired) electrons. The van der Waals surface area contributed by atoms with Crippen molar-refractivity contribution in [1.29, 1.82) is 0 Å².